The van der Waals surface area contributed by atoms with Crippen LogP contribution in [0.15, 0.2) is 54.7 Å². The summed E-state index contributed by atoms with van der Waals surface area (Å²) in [5, 5.41) is 17.1. The molecule has 1 heterocycles. The fraction of sp³-hybridized carbons (Fsp3) is 0.0625. The van der Waals surface area contributed by atoms with Crippen LogP contribution in [0.4, 0.5) is 8.78 Å². The molecule has 0 radical (unpaired) electrons. The van der Waals surface area contributed by atoms with E-state index in [1.165, 1.54) is 42.6 Å². The fourth-order valence-corrected chi connectivity index (χ4v) is 2.18. The van der Waals surface area contributed by atoms with Crippen LogP contribution in [0.3, 0.4) is 0 Å². The molecule has 21 heavy (non-hydrogen) atoms. The molecule has 3 aromatic rings. The third kappa shape index (κ3) is 2.68. The van der Waals surface area contributed by atoms with Gasteiger partial charge in [0.2, 0.25) is 0 Å². The van der Waals surface area contributed by atoms with Crippen LogP contribution < -0.4 is 0 Å². The standard InChI is InChI=1S/C16H12F2N2O/c17-12-5-1-10(2-6-12)15-14(9-19-20-15)16(21)11-3-7-13(18)8-4-11/h1-9,16,21H,(H,19,20). The highest BCUT2D eigenvalue weighted by Crippen LogP contribution is 2.30. The van der Waals surface area contributed by atoms with Crippen LogP contribution in [0, 0.1) is 11.6 Å². The first-order valence-electron chi connectivity index (χ1n) is 6.38. The molecule has 0 saturated heterocycles. The molecule has 5 heteroatoms. The van der Waals surface area contributed by atoms with Gasteiger partial charge in [-0.05, 0) is 42.0 Å². The summed E-state index contributed by atoms with van der Waals surface area (Å²) in [5.41, 5.74) is 2.42. The number of hydrogen-bond donors (Lipinski definition) is 2. The van der Waals surface area contributed by atoms with E-state index in [9.17, 15) is 13.9 Å². The van der Waals surface area contributed by atoms with Gasteiger partial charge < -0.3 is 5.11 Å². The highest BCUT2D eigenvalue weighted by molar-refractivity contribution is 5.63. The molecular weight excluding hydrogens is 274 g/mol. The lowest BCUT2D eigenvalue weighted by atomic mass is 9.99. The summed E-state index contributed by atoms with van der Waals surface area (Å²) >= 11 is 0. The molecule has 1 aromatic heterocycles. The number of aromatic amines is 1. The normalized spacial score (nSPS) is 12.3. The zero-order valence-corrected chi connectivity index (χ0v) is 10.9. The number of aliphatic hydroxyl groups is 1. The second-order valence-electron chi connectivity index (χ2n) is 4.66. The number of hydrogen-bond acceptors (Lipinski definition) is 2. The zero-order valence-electron chi connectivity index (χ0n) is 10.9. The van der Waals surface area contributed by atoms with Gasteiger partial charge in [0.15, 0.2) is 0 Å². The predicted molar refractivity (Wildman–Crippen MR) is 74.4 cm³/mol. The molecule has 1 unspecified atom stereocenters. The largest absolute Gasteiger partial charge is 0.384 e. The maximum Gasteiger partial charge on any atom is 0.123 e. The summed E-state index contributed by atoms with van der Waals surface area (Å²) in [6, 6.07) is 11.5. The molecule has 0 fully saturated rings. The van der Waals surface area contributed by atoms with Gasteiger partial charge in [0.25, 0.3) is 0 Å². The van der Waals surface area contributed by atoms with Gasteiger partial charge in [-0.15, -0.1) is 0 Å². The van der Waals surface area contributed by atoms with Crippen LogP contribution >= 0.6 is 0 Å². The van der Waals surface area contributed by atoms with Crippen molar-refractivity contribution >= 4 is 0 Å². The van der Waals surface area contributed by atoms with Crippen molar-refractivity contribution in [1.29, 1.82) is 0 Å². The van der Waals surface area contributed by atoms with Crippen molar-refractivity contribution in [3.05, 3.63) is 77.5 Å². The van der Waals surface area contributed by atoms with E-state index in [1.54, 1.807) is 12.1 Å². The molecule has 1 atom stereocenters. The summed E-state index contributed by atoms with van der Waals surface area (Å²) in [4.78, 5) is 0. The van der Waals surface area contributed by atoms with Crippen molar-refractivity contribution in [2.45, 2.75) is 6.10 Å². The molecule has 0 amide bonds. The Kier molecular flexibility index (Phi) is 3.50. The number of aromatic nitrogens is 2. The molecule has 0 aliphatic carbocycles. The van der Waals surface area contributed by atoms with Crippen molar-refractivity contribution in [3.8, 4) is 11.3 Å². The fourth-order valence-electron chi connectivity index (χ4n) is 2.18. The molecule has 2 N–H and O–H groups in total. The van der Waals surface area contributed by atoms with Crippen LogP contribution in [0.2, 0.25) is 0 Å². The molecule has 0 spiro atoms. The second-order valence-corrected chi connectivity index (χ2v) is 4.66. The van der Waals surface area contributed by atoms with Crippen molar-refractivity contribution in [3.63, 3.8) is 0 Å². The van der Waals surface area contributed by atoms with Gasteiger partial charge in [0.1, 0.15) is 17.7 Å². The van der Waals surface area contributed by atoms with E-state index in [-0.39, 0.29) is 11.6 Å². The maximum atomic E-state index is 13.0. The van der Waals surface area contributed by atoms with Gasteiger partial charge in [-0.25, -0.2) is 8.78 Å². The topological polar surface area (TPSA) is 48.9 Å². The third-order valence-electron chi connectivity index (χ3n) is 3.28. The Labute approximate surface area is 119 Å². The van der Waals surface area contributed by atoms with E-state index in [0.717, 1.165) is 0 Å². The van der Waals surface area contributed by atoms with Gasteiger partial charge in [0, 0.05) is 11.1 Å². The molecular formula is C16H12F2N2O. The number of aliphatic hydroxyl groups excluding tert-OH is 1. The molecule has 106 valence electrons. The number of benzene rings is 2. The predicted octanol–water partition coefficient (Wildman–Crippen LogP) is 3.44. The Morgan fingerprint density at radius 2 is 1.48 bits per heavy atom. The van der Waals surface area contributed by atoms with Gasteiger partial charge in [-0.1, -0.05) is 12.1 Å². The van der Waals surface area contributed by atoms with Crippen molar-refractivity contribution in [2.75, 3.05) is 0 Å². The highest BCUT2D eigenvalue weighted by Gasteiger charge is 2.17. The molecule has 3 nitrogen and oxygen atoms in total. The average Bonchev–Trinajstić information content (AvgIpc) is 2.97. The average molecular weight is 286 g/mol. The zero-order chi connectivity index (χ0) is 14.8. The first-order valence-corrected chi connectivity index (χ1v) is 6.38. The van der Waals surface area contributed by atoms with Crippen molar-refractivity contribution in [1.82, 2.24) is 10.2 Å². The minimum atomic E-state index is -0.940. The Bertz CT molecular complexity index is 736. The van der Waals surface area contributed by atoms with Crippen molar-refractivity contribution < 1.29 is 13.9 Å². The second kappa shape index (κ2) is 5.46. The lowest BCUT2D eigenvalue weighted by molar-refractivity contribution is 0.221. The first kappa shape index (κ1) is 13.5. The molecule has 3 rings (SSSR count). The molecule has 2 aromatic carbocycles. The first-order chi connectivity index (χ1) is 10.1. The summed E-state index contributed by atoms with van der Waals surface area (Å²) < 4.78 is 25.9. The number of halogens is 2. The van der Waals surface area contributed by atoms with E-state index in [4.69, 9.17) is 0 Å². The third-order valence-corrected chi connectivity index (χ3v) is 3.28. The highest BCUT2D eigenvalue weighted by atomic mass is 19.1. The van der Waals surface area contributed by atoms with Crippen LogP contribution in [0.1, 0.15) is 17.2 Å². The smallest absolute Gasteiger partial charge is 0.123 e. The summed E-state index contributed by atoms with van der Waals surface area (Å²) in [6.45, 7) is 0. The Balaban J connectivity index is 1.98. The minimum absolute atomic E-state index is 0.334. The lowest BCUT2D eigenvalue weighted by Gasteiger charge is -2.11. The lowest BCUT2D eigenvalue weighted by Crippen LogP contribution is -2.00. The number of nitrogens with zero attached hydrogens (tertiary/aromatic N) is 1. The summed E-state index contributed by atoms with van der Waals surface area (Å²) in [6.07, 6.45) is 0.566. The molecule has 0 aliphatic heterocycles. The van der Waals surface area contributed by atoms with Crippen molar-refractivity contribution in [2.24, 2.45) is 0 Å². The minimum Gasteiger partial charge on any atom is -0.384 e. The van der Waals surface area contributed by atoms with Crippen LogP contribution in [0.25, 0.3) is 11.3 Å². The van der Waals surface area contributed by atoms with E-state index < -0.39 is 6.10 Å². The van der Waals surface area contributed by atoms with Crippen LogP contribution in [0.5, 0.6) is 0 Å². The van der Waals surface area contributed by atoms with Crippen LogP contribution in [-0.4, -0.2) is 15.3 Å². The molecule has 0 bridgehead atoms. The summed E-state index contributed by atoms with van der Waals surface area (Å²) in [7, 11) is 0. The monoisotopic (exact) mass is 286 g/mol. The van der Waals surface area contributed by atoms with E-state index in [1.807, 2.05) is 0 Å². The SMILES string of the molecule is OC(c1ccc(F)cc1)c1cn[nH]c1-c1ccc(F)cc1. The van der Waals surface area contributed by atoms with Gasteiger partial charge in [0.05, 0.1) is 11.9 Å². The Morgan fingerprint density at radius 3 is 2.10 bits per heavy atom. The quantitative estimate of drug-likeness (QED) is 0.775. The molecule has 0 saturated carbocycles. The van der Waals surface area contributed by atoms with Gasteiger partial charge in [-0.2, -0.15) is 5.10 Å². The van der Waals surface area contributed by atoms with E-state index in [2.05, 4.69) is 10.2 Å². The number of H-pyrrole nitrogens is 1. The van der Waals surface area contributed by atoms with E-state index >= 15 is 0 Å². The van der Waals surface area contributed by atoms with Gasteiger partial charge in [-0.3, -0.25) is 5.10 Å². The Hall–Kier alpha value is -2.53. The van der Waals surface area contributed by atoms with Crippen LogP contribution in [-0.2, 0) is 0 Å². The van der Waals surface area contributed by atoms with E-state index in [0.29, 0.717) is 22.4 Å². The number of rotatable bonds is 3. The maximum absolute atomic E-state index is 13.0. The molecule has 0 aliphatic rings. The number of nitrogens with one attached hydrogen (secondary N) is 1. The van der Waals surface area contributed by atoms with Gasteiger partial charge >= 0.3 is 0 Å². The summed E-state index contributed by atoms with van der Waals surface area (Å²) in [5.74, 6) is -0.698. The Morgan fingerprint density at radius 1 is 0.905 bits per heavy atom.